The van der Waals surface area contributed by atoms with Gasteiger partial charge in [-0.2, -0.15) is 0 Å². The van der Waals surface area contributed by atoms with Gasteiger partial charge < -0.3 is 4.90 Å². The van der Waals surface area contributed by atoms with Crippen molar-refractivity contribution in [2.75, 3.05) is 32.7 Å². The Hall–Kier alpha value is -0.340. The molecule has 0 aromatic heterocycles. The average Bonchev–Trinajstić information content (AvgIpc) is 3.11. The third kappa shape index (κ3) is 3.07. The summed E-state index contributed by atoms with van der Waals surface area (Å²) in [5.41, 5.74) is 0. The third-order valence-electron chi connectivity index (χ3n) is 6.74. The summed E-state index contributed by atoms with van der Waals surface area (Å²) in [6, 6.07) is 0.904. The van der Waals surface area contributed by atoms with Crippen molar-refractivity contribution in [3.8, 4) is 0 Å². The first-order chi connectivity index (χ1) is 10.3. The molecule has 0 N–H and O–H groups in total. The van der Waals surface area contributed by atoms with Crippen LogP contribution in [0.15, 0.2) is 12.2 Å². The third-order valence-corrected chi connectivity index (χ3v) is 6.74. The molecule has 2 nitrogen and oxygen atoms in total. The molecule has 1 heterocycles. The van der Waals surface area contributed by atoms with Crippen LogP contribution in [0.4, 0.5) is 0 Å². The van der Waals surface area contributed by atoms with Crippen LogP contribution in [-0.4, -0.2) is 48.6 Å². The lowest BCUT2D eigenvalue weighted by molar-refractivity contribution is 0.0601. The number of allylic oxidation sites excluding steroid dienone is 2. The molecule has 3 aliphatic carbocycles. The van der Waals surface area contributed by atoms with Gasteiger partial charge in [-0.25, -0.2) is 0 Å². The fraction of sp³-hybridized carbons (Fsp3) is 0.895. The molecule has 2 heteroatoms. The summed E-state index contributed by atoms with van der Waals surface area (Å²) in [5.74, 6) is 3.79. The van der Waals surface area contributed by atoms with E-state index in [4.69, 9.17) is 0 Å². The maximum absolute atomic E-state index is 2.81. The molecule has 5 atom stereocenters. The van der Waals surface area contributed by atoms with Gasteiger partial charge in [0.1, 0.15) is 0 Å². The SMILES string of the molecule is C[C@@H]1CCC[C@H](N2CCN(C[C@H]3C[C@H]4C=C[C@H]3C4)CC2)C1. The van der Waals surface area contributed by atoms with Crippen molar-refractivity contribution in [3.05, 3.63) is 12.2 Å². The predicted octanol–water partition coefficient (Wildman–Crippen LogP) is 3.39. The smallest absolute Gasteiger partial charge is 0.0113 e. The number of nitrogens with zero attached hydrogens (tertiary/aromatic N) is 2. The highest BCUT2D eigenvalue weighted by Crippen LogP contribution is 2.43. The summed E-state index contributed by atoms with van der Waals surface area (Å²) in [4.78, 5) is 5.58. The lowest BCUT2D eigenvalue weighted by Crippen LogP contribution is -2.52. The fourth-order valence-electron chi connectivity index (χ4n) is 5.48. The van der Waals surface area contributed by atoms with Crippen molar-refractivity contribution in [3.63, 3.8) is 0 Å². The van der Waals surface area contributed by atoms with E-state index in [9.17, 15) is 0 Å². The molecule has 0 aromatic rings. The van der Waals surface area contributed by atoms with Gasteiger partial charge in [-0.3, -0.25) is 4.90 Å². The Balaban J connectivity index is 1.24. The minimum atomic E-state index is 0.904. The quantitative estimate of drug-likeness (QED) is 0.735. The molecule has 118 valence electrons. The number of hydrogen-bond acceptors (Lipinski definition) is 2. The Morgan fingerprint density at radius 2 is 1.81 bits per heavy atom. The Morgan fingerprint density at radius 1 is 0.952 bits per heavy atom. The van der Waals surface area contributed by atoms with Gasteiger partial charge >= 0.3 is 0 Å². The van der Waals surface area contributed by atoms with Crippen LogP contribution in [-0.2, 0) is 0 Å². The average molecular weight is 288 g/mol. The molecule has 3 fully saturated rings. The molecular weight excluding hydrogens is 256 g/mol. The summed E-state index contributed by atoms with van der Waals surface area (Å²) in [6.07, 6.45) is 13.8. The van der Waals surface area contributed by atoms with Crippen LogP contribution in [0, 0.1) is 23.7 Å². The van der Waals surface area contributed by atoms with E-state index in [0.717, 1.165) is 29.7 Å². The highest BCUT2D eigenvalue weighted by Gasteiger charge is 2.37. The molecule has 1 saturated heterocycles. The minimum Gasteiger partial charge on any atom is -0.300 e. The van der Waals surface area contributed by atoms with Crippen LogP contribution in [0.2, 0.25) is 0 Å². The van der Waals surface area contributed by atoms with Crippen molar-refractivity contribution in [1.82, 2.24) is 9.80 Å². The van der Waals surface area contributed by atoms with Gasteiger partial charge in [0.2, 0.25) is 0 Å². The second-order valence-electron chi connectivity index (χ2n) is 8.30. The van der Waals surface area contributed by atoms with Crippen LogP contribution in [0.3, 0.4) is 0 Å². The van der Waals surface area contributed by atoms with Crippen LogP contribution in [0.25, 0.3) is 0 Å². The fourth-order valence-corrected chi connectivity index (χ4v) is 5.48. The molecule has 1 aliphatic heterocycles. The topological polar surface area (TPSA) is 6.48 Å². The number of fused-ring (bicyclic) bond motifs is 2. The summed E-state index contributed by atoms with van der Waals surface area (Å²) < 4.78 is 0. The van der Waals surface area contributed by atoms with E-state index >= 15 is 0 Å². The monoisotopic (exact) mass is 288 g/mol. The van der Waals surface area contributed by atoms with E-state index in [2.05, 4.69) is 28.9 Å². The molecule has 4 rings (SSSR count). The molecule has 21 heavy (non-hydrogen) atoms. The lowest BCUT2D eigenvalue weighted by atomic mass is 9.86. The van der Waals surface area contributed by atoms with Gasteiger partial charge in [-0.05, 0) is 49.4 Å². The molecule has 0 radical (unpaired) electrons. The van der Waals surface area contributed by atoms with Crippen LogP contribution in [0.1, 0.15) is 45.4 Å². The largest absolute Gasteiger partial charge is 0.300 e. The van der Waals surface area contributed by atoms with E-state index < -0.39 is 0 Å². The van der Waals surface area contributed by atoms with Gasteiger partial charge in [0.15, 0.2) is 0 Å². The second kappa shape index (κ2) is 6.04. The predicted molar refractivity (Wildman–Crippen MR) is 88.3 cm³/mol. The molecular formula is C19H32N2. The van der Waals surface area contributed by atoms with Crippen LogP contribution < -0.4 is 0 Å². The standard InChI is InChI=1S/C19H32N2/c1-15-3-2-4-19(11-15)21-9-7-20(8-10-21)14-18-13-16-5-6-17(18)12-16/h5-6,15-19H,2-4,7-14H2,1H3/t15-,16+,17+,18-,19+/m1/s1. The Bertz CT molecular complexity index is 383. The summed E-state index contributed by atoms with van der Waals surface area (Å²) in [7, 11) is 0. The van der Waals surface area contributed by atoms with Crippen molar-refractivity contribution in [1.29, 1.82) is 0 Å². The van der Waals surface area contributed by atoms with Crippen molar-refractivity contribution in [2.24, 2.45) is 23.7 Å². The maximum atomic E-state index is 2.81. The van der Waals surface area contributed by atoms with Gasteiger partial charge in [0.05, 0.1) is 0 Å². The molecule has 2 bridgehead atoms. The van der Waals surface area contributed by atoms with Gasteiger partial charge in [-0.1, -0.05) is 31.9 Å². The van der Waals surface area contributed by atoms with E-state index in [1.165, 1.54) is 71.2 Å². The van der Waals surface area contributed by atoms with Crippen molar-refractivity contribution < 1.29 is 0 Å². The molecule has 2 saturated carbocycles. The molecule has 0 unspecified atom stereocenters. The minimum absolute atomic E-state index is 0.904. The van der Waals surface area contributed by atoms with Crippen LogP contribution in [0.5, 0.6) is 0 Å². The molecule has 4 aliphatic rings. The molecule has 0 spiro atoms. The first-order valence-corrected chi connectivity index (χ1v) is 9.42. The van der Waals surface area contributed by atoms with Crippen LogP contribution >= 0.6 is 0 Å². The van der Waals surface area contributed by atoms with E-state index in [-0.39, 0.29) is 0 Å². The van der Waals surface area contributed by atoms with E-state index in [1.54, 1.807) is 0 Å². The van der Waals surface area contributed by atoms with Crippen molar-refractivity contribution >= 4 is 0 Å². The second-order valence-corrected chi connectivity index (χ2v) is 8.30. The first kappa shape index (κ1) is 14.3. The normalized spacial score (nSPS) is 44.5. The van der Waals surface area contributed by atoms with Gasteiger partial charge in [0, 0.05) is 38.8 Å². The Kier molecular flexibility index (Phi) is 4.10. The zero-order chi connectivity index (χ0) is 14.2. The number of rotatable bonds is 3. The number of piperazine rings is 1. The van der Waals surface area contributed by atoms with Crippen molar-refractivity contribution in [2.45, 2.75) is 51.5 Å². The van der Waals surface area contributed by atoms with Gasteiger partial charge in [-0.15, -0.1) is 0 Å². The molecule has 0 aromatic carbocycles. The summed E-state index contributed by atoms with van der Waals surface area (Å²) in [6.45, 7) is 9.12. The zero-order valence-electron chi connectivity index (χ0n) is 13.7. The van der Waals surface area contributed by atoms with E-state index in [1.807, 2.05) is 0 Å². The highest BCUT2D eigenvalue weighted by molar-refractivity contribution is 5.10. The van der Waals surface area contributed by atoms with Gasteiger partial charge in [0.25, 0.3) is 0 Å². The highest BCUT2D eigenvalue weighted by atomic mass is 15.3. The van der Waals surface area contributed by atoms with E-state index in [0.29, 0.717) is 0 Å². The Labute approximate surface area is 130 Å². The maximum Gasteiger partial charge on any atom is 0.0113 e. The molecule has 0 amide bonds. The first-order valence-electron chi connectivity index (χ1n) is 9.42. The lowest BCUT2D eigenvalue weighted by Gasteiger charge is -2.42. The summed E-state index contributed by atoms with van der Waals surface area (Å²) >= 11 is 0. The zero-order valence-corrected chi connectivity index (χ0v) is 13.7. The number of hydrogen-bond donors (Lipinski definition) is 0. The summed E-state index contributed by atoms with van der Waals surface area (Å²) in [5, 5.41) is 0. The Morgan fingerprint density at radius 3 is 2.48 bits per heavy atom.